The predicted octanol–water partition coefficient (Wildman–Crippen LogP) is -2.34. The minimum Gasteiger partial charge on any atom is -0.370 e. The van der Waals surface area contributed by atoms with E-state index in [-0.39, 0.29) is 31.2 Å². The molecule has 4 amide bonds. The highest BCUT2D eigenvalue weighted by molar-refractivity contribution is 5.97. The average Bonchev–Trinajstić information content (AvgIpc) is 3.06. The Labute approximate surface area is 134 Å². The third-order valence-electron chi connectivity index (χ3n) is 4.76. The van der Waals surface area contributed by atoms with Crippen LogP contribution in [0, 0.1) is 0 Å². The molecule has 2 aliphatic heterocycles. The molecule has 2 aliphatic rings. The van der Waals surface area contributed by atoms with Gasteiger partial charge >= 0.3 is 0 Å². The lowest BCUT2D eigenvalue weighted by molar-refractivity contribution is -0.148. The van der Waals surface area contributed by atoms with Gasteiger partial charge in [0.25, 0.3) is 0 Å². The standard InChI is InChI=1S/C14H23N5O4/c15-8-11(21)19-6-1-4-14(19)5-7-18(13(14)23)9(12(17)22)2-3-10(16)20/h9H,1-8,15H2,(H2,16,20)(H2,17,22)/t9-,14?/m0/s1. The van der Waals surface area contributed by atoms with Gasteiger partial charge in [0.05, 0.1) is 6.54 Å². The van der Waals surface area contributed by atoms with Gasteiger partial charge in [-0.3, -0.25) is 19.2 Å². The summed E-state index contributed by atoms with van der Waals surface area (Å²) in [6.07, 6.45) is 1.77. The van der Waals surface area contributed by atoms with Crippen LogP contribution in [0.25, 0.3) is 0 Å². The molecule has 2 saturated heterocycles. The zero-order valence-electron chi connectivity index (χ0n) is 13.0. The van der Waals surface area contributed by atoms with E-state index in [9.17, 15) is 19.2 Å². The van der Waals surface area contributed by atoms with E-state index in [0.717, 1.165) is 0 Å². The summed E-state index contributed by atoms with van der Waals surface area (Å²) in [4.78, 5) is 50.5. The Morgan fingerprint density at radius 3 is 2.43 bits per heavy atom. The molecule has 1 unspecified atom stereocenters. The molecule has 9 nitrogen and oxygen atoms in total. The molecule has 2 heterocycles. The fourth-order valence-corrected chi connectivity index (χ4v) is 3.64. The molecule has 0 aromatic heterocycles. The van der Waals surface area contributed by atoms with E-state index >= 15 is 0 Å². The minimum absolute atomic E-state index is 0.0319. The van der Waals surface area contributed by atoms with Gasteiger partial charge in [0, 0.05) is 19.5 Å². The zero-order chi connectivity index (χ0) is 17.2. The van der Waals surface area contributed by atoms with Gasteiger partial charge in [-0.25, -0.2) is 0 Å². The van der Waals surface area contributed by atoms with Gasteiger partial charge in [-0.1, -0.05) is 0 Å². The molecule has 0 radical (unpaired) electrons. The van der Waals surface area contributed by atoms with Crippen molar-refractivity contribution >= 4 is 23.6 Å². The van der Waals surface area contributed by atoms with Crippen LogP contribution < -0.4 is 17.2 Å². The van der Waals surface area contributed by atoms with Crippen molar-refractivity contribution in [1.29, 1.82) is 0 Å². The Morgan fingerprint density at radius 1 is 1.17 bits per heavy atom. The Balaban J connectivity index is 2.20. The second-order valence-corrected chi connectivity index (χ2v) is 6.06. The van der Waals surface area contributed by atoms with Crippen molar-refractivity contribution in [2.75, 3.05) is 19.6 Å². The van der Waals surface area contributed by atoms with Crippen LogP contribution in [0.3, 0.4) is 0 Å². The third kappa shape index (κ3) is 3.00. The molecule has 128 valence electrons. The van der Waals surface area contributed by atoms with Crippen molar-refractivity contribution in [1.82, 2.24) is 9.80 Å². The molecule has 9 heteroatoms. The molecular weight excluding hydrogens is 302 g/mol. The Kier molecular flexibility index (Phi) is 4.88. The molecule has 2 atom stereocenters. The number of primary amides is 2. The summed E-state index contributed by atoms with van der Waals surface area (Å²) in [6.45, 7) is 0.646. The topological polar surface area (TPSA) is 153 Å². The van der Waals surface area contributed by atoms with Gasteiger partial charge in [-0.2, -0.15) is 0 Å². The summed E-state index contributed by atoms with van der Waals surface area (Å²) in [7, 11) is 0. The van der Waals surface area contributed by atoms with Crippen LogP contribution in [0.2, 0.25) is 0 Å². The lowest BCUT2D eigenvalue weighted by atomic mass is 9.94. The maximum Gasteiger partial charge on any atom is 0.249 e. The molecule has 0 saturated carbocycles. The summed E-state index contributed by atoms with van der Waals surface area (Å²) in [5.41, 5.74) is 15.0. The fraction of sp³-hybridized carbons (Fsp3) is 0.714. The summed E-state index contributed by atoms with van der Waals surface area (Å²) < 4.78 is 0. The van der Waals surface area contributed by atoms with E-state index in [4.69, 9.17) is 17.2 Å². The molecule has 1 spiro atoms. The molecule has 0 bridgehead atoms. The van der Waals surface area contributed by atoms with Gasteiger partial charge in [0.2, 0.25) is 23.6 Å². The highest BCUT2D eigenvalue weighted by atomic mass is 16.2. The van der Waals surface area contributed by atoms with Crippen LogP contribution >= 0.6 is 0 Å². The van der Waals surface area contributed by atoms with Crippen LogP contribution in [0.4, 0.5) is 0 Å². The normalized spacial score (nSPS) is 25.2. The maximum absolute atomic E-state index is 12.9. The van der Waals surface area contributed by atoms with Crippen LogP contribution in [-0.4, -0.2) is 64.6 Å². The van der Waals surface area contributed by atoms with Gasteiger partial charge in [0.1, 0.15) is 11.6 Å². The van der Waals surface area contributed by atoms with Gasteiger partial charge < -0.3 is 27.0 Å². The number of likely N-dealkylation sites (tertiary alicyclic amines) is 2. The number of amides is 4. The van der Waals surface area contributed by atoms with Crippen molar-refractivity contribution in [3.05, 3.63) is 0 Å². The van der Waals surface area contributed by atoms with Gasteiger partial charge in [0.15, 0.2) is 0 Å². The Bertz CT molecular complexity index is 537. The second kappa shape index (κ2) is 6.53. The number of nitrogens with two attached hydrogens (primary N) is 3. The first-order chi connectivity index (χ1) is 10.8. The molecule has 2 rings (SSSR count). The minimum atomic E-state index is -0.920. The molecule has 2 fully saturated rings. The first-order valence-electron chi connectivity index (χ1n) is 7.72. The monoisotopic (exact) mass is 325 g/mol. The lowest BCUT2D eigenvalue weighted by Crippen LogP contribution is -2.56. The van der Waals surface area contributed by atoms with Crippen molar-refractivity contribution in [3.63, 3.8) is 0 Å². The maximum atomic E-state index is 12.9. The quantitative estimate of drug-likeness (QED) is 0.499. The number of hydrogen-bond donors (Lipinski definition) is 3. The predicted molar refractivity (Wildman–Crippen MR) is 80.5 cm³/mol. The molecule has 0 aliphatic carbocycles. The Morgan fingerprint density at radius 2 is 1.87 bits per heavy atom. The molecular formula is C14H23N5O4. The number of rotatable bonds is 6. The molecule has 0 aromatic carbocycles. The smallest absolute Gasteiger partial charge is 0.249 e. The first kappa shape index (κ1) is 17.2. The van der Waals surface area contributed by atoms with Crippen LogP contribution in [0.15, 0.2) is 0 Å². The fourth-order valence-electron chi connectivity index (χ4n) is 3.64. The summed E-state index contributed by atoms with van der Waals surface area (Å²) in [6, 6.07) is -0.884. The van der Waals surface area contributed by atoms with Crippen LogP contribution in [0.5, 0.6) is 0 Å². The number of hydrogen-bond acceptors (Lipinski definition) is 5. The molecule has 0 aromatic rings. The van der Waals surface area contributed by atoms with Crippen molar-refractivity contribution in [2.45, 2.75) is 43.7 Å². The van der Waals surface area contributed by atoms with E-state index in [1.807, 2.05) is 0 Å². The third-order valence-corrected chi connectivity index (χ3v) is 4.76. The lowest BCUT2D eigenvalue weighted by Gasteiger charge is -2.34. The van der Waals surface area contributed by atoms with Crippen molar-refractivity contribution in [3.8, 4) is 0 Å². The summed E-state index contributed by atoms with van der Waals surface area (Å²) in [5, 5.41) is 0. The highest BCUT2D eigenvalue weighted by Gasteiger charge is 2.56. The first-order valence-corrected chi connectivity index (χ1v) is 7.72. The van der Waals surface area contributed by atoms with E-state index in [1.165, 1.54) is 9.80 Å². The van der Waals surface area contributed by atoms with Crippen LogP contribution in [-0.2, 0) is 19.2 Å². The van der Waals surface area contributed by atoms with Crippen molar-refractivity contribution < 1.29 is 19.2 Å². The number of nitrogens with zero attached hydrogens (tertiary/aromatic N) is 2. The summed E-state index contributed by atoms with van der Waals surface area (Å²) in [5.74, 6) is -1.79. The van der Waals surface area contributed by atoms with E-state index in [2.05, 4.69) is 0 Å². The van der Waals surface area contributed by atoms with Crippen LogP contribution in [0.1, 0.15) is 32.1 Å². The number of carbonyl (C=O) groups excluding carboxylic acids is 4. The van der Waals surface area contributed by atoms with Gasteiger partial charge in [-0.05, 0) is 25.7 Å². The number of carbonyl (C=O) groups is 4. The van der Waals surface area contributed by atoms with Gasteiger partial charge in [-0.15, -0.1) is 0 Å². The van der Waals surface area contributed by atoms with Crippen molar-refractivity contribution in [2.24, 2.45) is 17.2 Å². The van der Waals surface area contributed by atoms with E-state index < -0.39 is 23.4 Å². The Hall–Kier alpha value is -2.16. The largest absolute Gasteiger partial charge is 0.370 e. The molecule has 6 N–H and O–H groups in total. The second-order valence-electron chi connectivity index (χ2n) is 6.06. The SMILES string of the molecule is NCC(=O)N1CCCC12CCN([C@@H](CCC(N)=O)C(N)=O)C2=O. The van der Waals surface area contributed by atoms with E-state index in [1.54, 1.807) is 0 Å². The summed E-state index contributed by atoms with van der Waals surface area (Å²) >= 11 is 0. The zero-order valence-corrected chi connectivity index (χ0v) is 13.0. The highest BCUT2D eigenvalue weighted by Crippen LogP contribution is 2.39. The van der Waals surface area contributed by atoms with E-state index in [0.29, 0.717) is 32.4 Å². The average molecular weight is 325 g/mol. The molecule has 23 heavy (non-hydrogen) atoms.